The molecule has 0 spiro atoms. The third-order valence-electron chi connectivity index (χ3n) is 3.44. The van der Waals surface area contributed by atoms with Gasteiger partial charge < -0.3 is 10.4 Å². The maximum absolute atomic E-state index is 11.8. The molecule has 0 aromatic carbocycles. The van der Waals surface area contributed by atoms with Crippen molar-refractivity contribution in [3.05, 3.63) is 29.6 Å². The number of hydrogen-bond acceptors (Lipinski definition) is 3. The van der Waals surface area contributed by atoms with Gasteiger partial charge in [-0.1, -0.05) is 19.4 Å². The Morgan fingerprint density at radius 1 is 1.39 bits per heavy atom. The van der Waals surface area contributed by atoms with E-state index in [9.17, 15) is 9.59 Å². The van der Waals surface area contributed by atoms with Crippen molar-refractivity contribution in [2.45, 2.75) is 26.2 Å². The average Bonchev–Trinajstić information content (AvgIpc) is 2.33. The van der Waals surface area contributed by atoms with Crippen LogP contribution in [0.5, 0.6) is 0 Å². The van der Waals surface area contributed by atoms with E-state index in [1.165, 1.54) is 24.6 Å². The third-order valence-corrected chi connectivity index (χ3v) is 3.44. The monoisotopic (exact) mass is 248 g/mol. The number of carboxylic acid groups (broad SMARTS) is 1. The summed E-state index contributed by atoms with van der Waals surface area (Å²) in [5.74, 6) is -1.44. The van der Waals surface area contributed by atoms with Gasteiger partial charge in [0.1, 0.15) is 11.4 Å². The van der Waals surface area contributed by atoms with Crippen LogP contribution in [0.2, 0.25) is 0 Å². The topological polar surface area (TPSA) is 79.3 Å². The zero-order chi connectivity index (χ0) is 13.2. The van der Waals surface area contributed by atoms with Crippen molar-refractivity contribution in [3.63, 3.8) is 0 Å². The molecule has 1 aliphatic rings. The molecule has 0 radical (unpaired) electrons. The van der Waals surface area contributed by atoms with Crippen LogP contribution in [0.4, 0.5) is 0 Å². The van der Waals surface area contributed by atoms with Crippen LogP contribution in [0.25, 0.3) is 0 Å². The zero-order valence-corrected chi connectivity index (χ0v) is 10.3. The molecule has 1 aliphatic carbocycles. The number of carboxylic acids is 1. The summed E-state index contributed by atoms with van der Waals surface area (Å²) in [6.45, 7) is 2.75. The molecular formula is C13H16N2O3. The van der Waals surface area contributed by atoms with Crippen molar-refractivity contribution in [3.8, 4) is 0 Å². The number of aromatic carboxylic acids is 1. The van der Waals surface area contributed by atoms with Crippen LogP contribution in [-0.4, -0.2) is 28.5 Å². The number of nitrogens with zero attached hydrogens (tertiary/aromatic N) is 1. The van der Waals surface area contributed by atoms with E-state index in [1.807, 2.05) is 0 Å². The Labute approximate surface area is 105 Å². The Morgan fingerprint density at radius 2 is 2.06 bits per heavy atom. The fraction of sp³-hybridized carbons (Fsp3) is 0.462. The Morgan fingerprint density at radius 3 is 2.61 bits per heavy atom. The first-order valence-electron chi connectivity index (χ1n) is 5.99. The lowest BCUT2D eigenvalue weighted by atomic mass is 9.70. The molecule has 0 unspecified atom stereocenters. The van der Waals surface area contributed by atoms with Gasteiger partial charge in [0.15, 0.2) is 0 Å². The molecule has 2 N–H and O–H groups in total. The molecule has 1 amide bonds. The molecule has 96 valence electrons. The minimum atomic E-state index is -1.13. The van der Waals surface area contributed by atoms with E-state index < -0.39 is 5.97 Å². The molecule has 1 saturated carbocycles. The molecule has 0 atom stereocenters. The first kappa shape index (κ1) is 12.5. The second-order valence-corrected chi connectivity index (χ2v) is 5.06. The first-order valence-corrected chi connectivity index (χ1v) is 5.99. The lowest BCUT2D eigenvalue weighted by Gasteiger charge is -2.38. The highest BCUT2D eigenvalue weighted by molar-refractivity contribution is 5.94. The second-order valence-electron chi connectivity index (χ2n) is 5.06. The van der Waals surface area contributed by atoms with Gasteiger partial charge in [-0.3, -0.25) is 4.79 Å². The second kappa shape index (κ2) is 4.76. The molecule has 0 saturated heterocycles. The van der Waals surface area contributed by atoms with E-state index >= 15 is 0 Å². The molecular weight excluding hydrogens is 232 g/mol. The fourth-order valence-corrected chi connectivity index (χ4v) is 2.02. The molecule has 1 heterocycles. The number of hydrogen-bond donors (Lipinski definition) is 2. The van der Waals surface area contributed by atoms with Crippen molar-refractivity contribution in [2.75, 3.05) is 6.54 Å². The summed E-state index contributed by atoms with van der Waals surface area (Å²) in [4.78, 5) is 26.4. The summed E-state index contributed by atoms with van der Waals surface area (Å²) in [6, 6.07) is 4.41. The van der Waals surface area contributed by atoms with E-state index in [0.29, 0.717) is 6.54 Å². The number of amides is 1. The third kappa shape index (κ3) is 2.67. The molecule has 1 fully saturated rings. The lowest BCUT2D eigenvalue weighted by Crippen LogP contribution is -2.40. The maximum Gasteiger partial charge on any atom is 0.354 e. The highest BCUT2D eigenvalue weighted by atomic mass is 16.4. The largest absolute Gasteiger partial charge is 0.477 e. The minimum absolute atomic E-state index is 0.113. The molecule has 18 heavy (non-hydrogen) atoms. The number of aromatic nitrogens is 1. The van der Waals surface area contributed by atoms with Crippen LogP contribution in [0.15, 0.2) is 18.2 Å². The van der Waals surface area contributed by atoms with Gasteiger partial charge in [0.05, 0.1) is 0 Å². The van der Waals surface area contributed by atoms with Gasteiger partial charge in [0.2, 0.25) is 0 Å². The Balaban J connectivity index is 2.00. The summed E-state index contributed by atoms with van der Waals surface area (Å²) < 4.78 is 0. The van der Waals surface area contributed by atoms with Gasteiger partial charge in [0.25, 0.3) is 5.91 Å². The zero-order valence-electron chi connectivity index (χ0n) is 10.3. The Bertz CT molecular complexity index is 481. The molecule has 1 aromatic rings. The SMILES string of the molecule is CC1(CNC(=O)c2cccc(C(=O)O)n2)CCC1. The van der Waals surface area contributed by atoms with E-state index in [1.54, 1.807) is 0 Å². The summed E-state index contributed by atoms with van der Waals surface area (Å²) in [7, 11) is 0. The molecule has 0 aliphatic heterocycles. The summed E-state index contributed by atoms with van der Waals surface area (Å²) >= 11 is 0. The van der Waals surface area contributed by atoms with Gasteiger partial charge in [-0.05, 0) is 30.4 Å². The number of nitrogens with one attached hydrogen (secondary N) is 1. The number of carbonyl (C=O) groups is 2. The van der Waals surface area contributed by atoms with Gasteiger partial charge in [-0.25, -0.2) is 9.78 Å². The minimum Gasteiger partial charge on any atom is -0.477 e. The number of carbonyl (C=O) groups excluding carboxylic acids is 1. The highest BCUT2D eigenvalue weighted by Gasteiger charge is 2.32. The van der Waals surface area contributed by atoms with Crippen LogP contribution in [0.3, 0.4) is 0 Å². The first-order chi connectivity index (χ1) is 8.50. The predicted octanol–water partition coefficient (Wildman–Crippen LogP) is 1.70. The van der Waals surface area contributed by atoms with Gasteiger partial charge >= 0.3 is 5.97 Å². The normalized spacial score (nSPS) is 16.7. The number of rotatable bonds is 4. The van der Waals surface area contributed by atoms with Crippen LogP contribution in [-0.2, 0) is 0 Å². The molecule has 1 aromatic heterocycles. The van der Waals surface area contributed by atoms with Gasteiger partial charge in [-0.15, -0.1) is 0 Å². The maximum atomic E-state index is 11.8. The highest BCUT2D eigenvalue weighted by Crippen LogP contribution is 2.39. The van der Waals surface area contributed by atoms with Crippen molar-refractivity contribution in [1.82, 2.24) is 10.3 Å². The van der Waals surface area contributed by atoms with E-state index in [4.69, 9.17) is 5.11 Å². The van der Waals surface area contributed by atoms with Gasteiger partial charge in [0, 0.05) is 6.54 Å². The van der Waals surface area contributed by atoms with E-state index in [2.05, 4.69) is 17.2 Å². The standard InChI is InChI=1S/C13H16N2O3/c1-13(6-3-7-13)8-14-11(16)9-4-2-5-10(15-9)12(17)18/h2,4-5H,3,6-8H2,1H3,(H,14,16)(H,17,18). The van der Waals surface area contributed by atoms with Crippen molar-refractivity contribution in [1.29, 1.82) is 0 Å². The Hall–Kier alpha value is -1.91. The number of pyridine rings is 1. The Kier molecular flexibility index (Phi) is 3.32. The average molecular weight is 248 g/mol. The van der Waals surface area contributed by atoms with Crippen LogP contribution in [0, 0.1) is 5.41 Å². The van der Waals surface area contributed by atoms with Crippen LogP contribution >= 0.6 is 0 Å². The molecule has 0 bridgehead atoms. The van der Waals surface area contributed by atoms with Crippen LogP contribution < -0.4 is 5.32 Å². The molecule has 5 heteroatoms. The van der Waals surface area contributed by atoms with E-state index in [-0.39, 0.29) is 22.7 Å². The molecule has 2 rings (SSSR count). The summed E-state index contributed by atoms with van der Waals surface area (Å²) in [5, 5.41) is 11.6. The quantitative estimate of drug-likeness (QED) is 0.850. The van der Waals surface area contributed by atoms with Crippen LogP contribution in [0.1, 0.15) is 47.2 Å². The smallest absolute Gasteiger partial charge is 0.354 e. The van der Waals surface area contributed by atoms with Crippen molar-refractivity contribution in [2.24, 2.45) is 5.41 Å². The van der Waals surface area contributed by atoms with Crippen molar-refractivity contribution < 1.29 is 14.7 Å². The van der Waals surface area contributed by atoms with Crippen molar-refractivity contribution >= 4 is 11.9 Å². The molecule has 5 nitrogen and oxygen atoms in total. The lowest BCUT2D eigenvalue weighted by molar-refractivity contribution is 0.0690. The van der Waals surface area contributed by atoms with E-state index in [0.717, 1.165) is 12.8 Å². The van der Waals surface area contributed by atoms with Gasteiger partial charge in [-0.2, -0.15) is 0 Å². The fourth-order valence-electron chi connectivity index (χ4n) is 2.02. The predicted molar refractivity (Wildman–Crippen MR) is 65.5 cm³/mol. The summed E-state index contributed by atoms with van der Waals surface area (Å²) in [6.07, 6.45) is 3.45. The summed E-state index contributed by atoms with van der Waals surface area (Å²) in [5.41, 5.74) is 0.232.